The SMILES string of the molecule is Cc1noc2nc(-c3ccccc3C(F)(F)F)cc(C(=O)NCCC(C)N)c12. The van der Waals surface area contributed by atoms with Gasteiger partial charge in [0, 0.05) is 18.2 Å². The van der Waals surface area contributed by atoms with Gasteiger partial charge < -0.3 is 15.6 Å². The molecule has 28 heavy (non-hydrogen) atoms. The largest absolute Gasteiger partial charge is 0.417 e. The van der Waals surface area contributed by atoms with Gasteiger partial charge in [-0.3, -0.25) is 4.79 Å². The summed E-state index contributed by atoms with van der Waals surface area (Å²) in [4.78, 5) is 16.8. The average molecular weight is 392 g/mol. The molecular formula is C19H19F3N4O2. The zero-order valence-electron chi connectivity index (χ0n) is 15.3. The van der Waals surface area contributed by atoms with E-state index in [1.165, 1.54) is 24.3 Å². The number of hydrogen-bond donors (Lipinski definition) is 2. The molecule has 9 heteroatoms. The van der Waals surface area contributed by atoms with E-state index in [9.17, 15) is 18.0 Å². The topological polar surface area (TPSA) is 94.0 Å². The second kappa shape index (κ2) is 7.59. The van der Waals surface area contributed by atoms with Crippen LogP contribution in [0.1, 0.15) is 35.0 Å². The molecule has 1 unspecified atom stereocenters. The normalized spacial score (nSPS) is 12.9. The molecule has 0 bridgehead atoms. The zero-order chi connectivity index (χ0) is 20.5. The smallest absolute Gasteiger partial charge is 0.352 e. The molecule has 0 aliphatic rings. The highest BCUT2D eigenvalue weighted by molar-refractivity contribution is 6.07. The molecule has 148 valence electrons. The minimum absolute atomic E-state index is 0.00400. The van der Waals surface area contributed by atoms with Crippen LogP contribution in [0.25, 0.3) is 22.4 Å². The third-order valence-corrected chi connectivity index (χ3v) is 4.26. The summed E-state index contributed by atoms with van der Waals surface area (Å²) in [5.41, 5.74) is 5.26. The Morgan fingerprint density at radius 3 is 2.71 bits per heavy atom. The lowest BCUT2D eigenvalue weighted by molar-refractivity contribution is -0.137. The number of fused-ring (bicyclic) bond motifs is 1. The first-order valence-corrected chi connectivity index (χ1v) is 8.66. The Kier molecular flexibility index (Phi) is 5.37. The number of nitrogens with zero attached hydrogens (tertiary/aromatic N) is 2. The minimum Gasteiger partial charge on any atom is -0.352 e. The van der Waals surface area contributed by atoms with Crippen molar-refractivity contribution >= 4 is 17.0 Å². The number of carbonyl (C=O) groups is 1. The van der Waals surface area contributed by atoms with Crippen LogP contribution >= 0.6 is 0 Å². The fourth-order valence-corrected chi connectivity index (χ4v) is 2.87. The van der Waals surface area contributed by atoms with Crippen molar-refractivity contribution in [3.8, 4) is 11.3 Å². The summed E-state index contributed by atoms with van der Waals surface area (Å²) >= 11 is 0. The van der Waals surface area contributed by atoms with Crippen LogP contribution < -0.4 is 11.1 Å². The first-order chi connectivity index (χ1) is 13.2. The molecule has 0 fully saturated rings. The third-order valence-electron chi connectivity index (χ3n) is 4.26. The Labute approximate surface area is 158 Å². The summed E-state index contributed by atoms with van der Waals surface area (Å²) in [5, 5.41) is 6.89. The quantitative estimate of drug-likeness (QED) is 0.691. The second-order valence-electron chi connectivity index (χ2n) is 6.57. The number of nitrogens with one attached hydrogen (secondary N) is 1. The van der Waals surface area contributed by atoms with Gasteiger partial charge in [-0.25, -0.2) is 4.98 Å². The number of pyridine rings is 1. The van der Waals surface area contributed by atoms with Gasteiger partial charge in [-0.1, -0.05) is 23.4 Å². The molecule has 0 aliphatic carbocycles. The van der Waals surface area contributed by atoms with E-state index in [2.05, 4.69) is 15.5 Å². The molecule has 2 heterocycles. The number of rotatable bonds is 5. The lowest BCUT2D eigenvalue weighted by Gasteiger charge is -2.13. The summed E-state index contributed by atoms with van der Waals surface area (Å²) in [6.07, 6.45) is -4.00. The number of benzene rings is 1. The molecule has 3 N–H and O–H groups in total. The molecule has 1 atom stereocenters. The van der Waals surface area contributed by atoms with Crippen molar-refractivity contribution in [1.29, 1.82) is 0 Å². The maximum atomic E-state index is 13.4. The van der Waals surface area contributed by atoms with Crippen molar-refractivity contribution in [1.82, 2.24) is 15.5 Å². The van der Waals surface area contributed by atoms with Gasteiger partial charge in [0.05, 0.1) is 27.9 Å². The predicted molar refractivity (Wildman–Crippen MR) is 97.6 cm³/mol. The third kappa shape index (κ3) is 3.99. The van der Waals surface area contributed by atoms with Gasteiger partial charge in [-0.05, 0) is 32.4 Å². The number of alkyl halides is 3. The number of nitrogens with two attached hydrogens (primary N) is 1. The molecule has 3 rings (SSSR count). The van der Waals surface area contributed by atoms with Gasteiger partial charge in [0.25, 0.3) is 11.6 Å². The molecule has 0 aliphatic heterocycles. The second-order valence-corrected chi connectivity index (χ2v) is 6.57. The van der Waals surface area contributed by atoms with Crippen molar-refractivity contribution in [2.45, 2.75) is 32.5 Å². The lowest BCUT2D eigenvalue weighted by Crippen LogP contribution is -2.29. The molecule has 0 saturated carbocycles. The first-order valence-electron chi connectivity index (χ1n) is 8.66. The molecule has 1 aromatic carbocycles. The number of halogens is 3. The number of carbonyl (C=O) groups excluding carboxylic acids is 1. The lowest BCUT2D eigenvalue weighted by atomic mass is 10.0. The molecule has 1 amide bonds. The van der Waals surface area contributed by atoms with Gasteiger partial charge >= 0.3 is 6.18 Å². The van der Waals surface area contributed by atoms with Crippen molar-refractivity contribution in [3.63, 3.8) is 0 Å². The molecular weight excluding hydrogens is 373 g/mol. The summed E-state index contributed by atoms with van der Waals surface area (Å²) in [6.45, 7) is 3.78. The van der Waals surface area contributed by atoms with Gasteiger partial charge in [-0.2, -0.15) is 13.2 Å². The summed E-state index contributed by atoms with van der Waals surface area (Å²) in [7, 11) is 0. The van der Waals surface area contributed by atoms with E-state index in [4.69, 9.17) is 10.3 Å². The number of aryl methyl sites for hydroxylation is 1. The van der Waals surface area contributed by atoms with Crippen LogP contribution in [0.2, 0.25) is 0 Å². The minimum atomic E-state index is -4.57. The summed E-state index contributed by atoms with van der Waals surface area (Å²) < 4.78 is 45.3. The van der Waals surface area contributed by atoms with Gasteiger partial charge in [-0.15, -0.1) is 0 Å². The highest BCUT2D eigenvalue weighted by atomic mass is 19.4. The Morgan fingerprint density at radius 2 is 2.04 bits per heavy atom. The highest BCUT2D eigenvalue weighted by Crippen LogP contribution is 2.37. The van der Waals surface area contributed by atoms with Crippen LogP contribution in [0.15, 0.2) is 34.9 Å². The van der Waals surface area contributed by atoms with E-state index >= 15 is 0 Å². The Balaban J connectivity index is 2.11. The fraction of sp³-hybridized carbons (Fsp3) is 0.316. The maximum Gasteiger partial charge on any atom is 0.417 e. The zero-order valence-corrected chi connectivity index (χ0v) is 15.3. The van der Waals surface area contributed by atoms with Gasteiger partial charge in [0.15, 0.2) is 0 Å². The van der Waals surface area contributed by atoms with Crippen molar-refractivity contribution < 1.29 is 22.5 Å². The number of aromatic nitrogens is 2. The maximum absolute atomic E-state index is 13.4. The van der Waals surface area contributed by atoms with Gasteiger partial charge in [0.1, 0.15) is 0 Å². The Bertz CT molecular complexity index is 1010. The standard InChI is InChI=1S/C19H19F3N4O2/c1-10(23)7-8-24-17(27)13-9-15(25-18-16(13)11(2)26-28-18)12-5-3-4-6-14(12)19(20,21)22/h3-6,9-10H,7-8,23H2,1-2H3,(H,24,27). The van der Waals surface area contributed by atoms with E-state index in [1.807, 2.05) is 6.92 Å². The van der Waals surface area contributed by atoms with Crippen LogP contribution in [0.4, 0.5) is 13.2 Å². The van der Waals surface area contributed by atoms with Crippen molar-refractivity contribution in [2.24, 2.45) is 5.73 Å². The molecule has 6 nitrogen and oxygen atoms in total. The van der Waals surface area contributed by atoms with Crippen LogP contribution in [0.3, 0.4) is 0 Å². The van der Waals surface area contributed by atoms with E-state index in [0.29, 0.717) is 24.0 Å². The van der Waals surface area contributed by atoms with Crippen molar-refractivity contribution in [2.75, 3.05) is 6.54 Å². The number of amides is 1. The van der Waals surface area contributed by atoms with Crippen LogP contribution in [-0.4, -0.2) is 28.6 Å². The van der Waals surface area contributed by atoms with Crippen LogP contribution in [0, 0.1) is 6.92 Å². The van der Waals surface area contributed by atoms with Crippen LogP contribution in [-0.2, 0) is 6.18 Å². The van der Waals surface area contributed by atoms with Gasteiger partial charge in [0.2, 0.25) is 0 Å². The molecule has 0 spiro atoms. The average Bonchev–Trinajstić information content (AvgIpc) is 3.01. The molecule has 3 aromatic rings. The van der Waals surface area contributed by atoms with Crippen LogP contribution in [0.5, 0.6) is 0 Å². The molecule has 0 radical (unpaired) electrons. The van der Waals surface area contributed by atoms with Crippen molar-refractivity contribution in [3.05, 3.63) is 47.2 Å². The van der Waals surface area contributed by atoms with E-state index in [-0.39, 0.29) is 28.6 Å². The first kappa shape index (κ1) is 19.8. The molecule has 2 aromatic heterocycles. The molecule has 0 saturated heterocycles. The Hall–Kier alpha value is -2.94. The summed E-state index contributed by atoms with van der Waals surface area (Å²) in [5.74, 6) is -0.454. The number of hydrogen-bond acceptors (Lipinski definition) is 5. The van der Waals surface area contributed by atoms with E-state index in [0.717, 1.165) is 6.07 Å². The van der Waals surface area contributed by atoms with E-state index < -0.39 is 17.6 Å². The van der Waals surface area contributed by atoms with E-state index in [1.54, 1.807) is 6.92 Å². The Morgan fingerprint density at radius 1 is 1.32 bits per heavy atom. The predicted octanol–water partition coefficient (Wildman–Crippen LogP) is 3.68. The highest BCUT2D eigenvalue weighted by Gasteiger charge is 2.34. The fourth-order valence-electron chi connectivity index (χ4n) is 2.87. The monoisotopic (exact) mass is 392 g/mol. The summed E-state index contributed by atoms with van der Waals surface area (Å²) in [6, 6.07) is 6.28.